The summed E-state index contributed by atoms with van der Waals surface area (Å²) in [4.78, 5) is 0.196. The molecule has 2 rings (SSSR count). The molecule has 0 aliphatic heterocycles. The Bertz CT molecular complexity index is 735. The second-order valence-electron chi connectivity index (χ2n) is 4.21. The van der Waals surface area contributed by atoms with Crippen LogP contribution < -0.4 is 0 Å². The van der Waals surface area contributed by atoms with Crippen LogP contribution in [-0.2, 0) is 27.9 Å². The first kappa shape index (κ1) is 15.0. The zero-order valence-electron chi connectivity index (χ0n) is 10.8. The molecule has 0 aliphatic carbocycles. The van der Waals surface area contributed by atoms with E-state index in [0.717, 1.165) is 11.1 Å². The summed E-state index contributed by atoms with van der Waals surface area (Å²) in [5.74, 6) is 0. The second-order valence-corrected chi connectivity index (χ2v) is 6.73. The molecule has 0 radical (unpaired) electrons. The zero-order valence-corrected chi connectivity index (χ0v) is 13.2. The topological polar surface area (TPSA) is 46.5 Å². The molecule has 0 atom stereocenters. The van der Waals surface area contributed by atoms with Crippen molar-refractivity contribution in [1.82, 2.24) is 0 Å². The van der Waals surface area contributed by atoms with Gasteiger partial charge in [-0.25, -0.2) is 0 Å². The molecule has 0 aliphatic rings. The maximum absolute atomic E-state index is 12.1. The average Bonchev–Trinajstić information content (AvgIpc) is 2.46. The molecule has 2 aromatic rings. The minimum absolute atomic E-state index is 0.196. The summed E-state index contributed by atoms with van der Waals surface area (Å²) >= 11 is 2.71. The van der Waals surface area contributed by atoms with Crippen LogP contribution in [0.2, 0.25) is 0 Å². The van der Waals surface area contributed by atoms with Crippen LogP contribution in [-0.4, -0.2) is 18.7 Å². The van der Waals surface area contributed by atoms with E-state index in [9.17, 15) is 8.42 Å². The van der Waals surface area contributed by atoms with Gasteiger partial charge < -0.3 is 0 Å². The zero-order chi connectivity index (χ0) is 14.6. The molecule has 2 aromatic carbocycles. The Morgan fingerprint density at radius 2 is 1.65 bits per heavy atom. The Morgan fingerprint density at radius 1 is 1.05 bits per heavy atom. The molecule has 0 heterocycles. The first-order valence-electron chi connectivity index (χ1n) is 5.92. The number of nitrogens with zero attached hydrogens (tertiary/aromatic N) is 1. The van der Waals surface area contributed by atoms with Gasteiger partial charge in [0.25, 0.3) is 0 Å². The van der Waals surface area contributed by atoms with Crippen LogP contribution >= 0.6 is 0 Å². The summed E-state index contributed by atoms with van der Waals surface area (Å²) in [5.41, 5.74) is 1.91. The SMILES string of the molecule is Cc1ccc(S(=O)(=O)/N=C/[C](=[Rh])c2ccccc2)cc1. The van der Waals surface area contributed by atoms with E-state index >= 15 is 0 Å². The van der Waals surface area contributed by atoms with Crippen molar-refractivity contribution in [3.05, 3.63) is 65.7 Å². The van der Waals surface area contributed by atoms with Crippen molar-refractivity contribution in [3.63, 3.8) is 0 Å². The van der Waals surface area contributed by atoms with Crippen molar-refractivity contribution in [2.24, 2.45) is 4.40 Å². The second kappa shape index (κ2) is 6.34. The van der Waals surface area contributed by atoms with Crippen molar-refractivity contribution in [3.8, 4) is 0 Å². The monoisotopic (exact) mass is 374 g/mol. The van der Waals surface area contributed by atoms with Crippen LogP contribution in [0.1, 0.15) is 11.1 Å². The fraction of sp³-hybridized carbons (Fsp3) is 0.0667. The van der Waals surface area contributed by atoms with Crippen LogP contribution in [0.4, 0.5) is 0 Å². The predicted octanol–water partition coefficient (Wildman–Crippen LogP) is 2.52. The van der Waals surface area contributed by atoms with E-state index < -0.39 is 10.0 Å². The number of aryl methyl sites for hydroxylation is 1. The fourth-order valence-corrected chi connectivity index (χ4v) is 2.91. The summed E-state index contributed by atoms with van der Waals surface area (Å²) in [7, 11) is -3.65. The van der Waals surface area contributed by atoms with Gasteiger partial charge in [0, 0.05) is 0 Å². The maximum atomic E-state index is 12.1. The summed E-state index contributed by atoms with van der Waals surface area (Å²) in [6, 6.07) is 16.1. The summed E-state index contributed by atoms with van der Waals surface area (Å²) < 4.78 is 28.5. The van der Waals surface area contributed by atoms with Crippen LogP contribution in [0, 0.1) is 6.92 Å². The molecular formula is C15H13NO2RhS. The molecule has 105 valence electrons. The van der Waals surface area contributed by atoms with Gasteiger partial charge in [0.05, 0.1) is 0 Å². The summed E-state index contributed by atoms with van der Waals surface area (Å²) in [6.07, 6.45) is 1.34. The first-order chi connectivity index (χ1) is 9.49. The molecule has 5 heteroatoms. The number of hydrogen-bond donors (Lipinski definition) is 0. The Labute approximate surface area is 128 Å². The predicted molar refractivity (Wildman–Crippen MR) is 77.4 cm³/mol. The van der Waals surface area contributed by atoms with Crippen LogP contribution in [0.5, 0.6) is 0 Å². The number of hydrogen-bond acceptors (Lipinski definition) is 2. The molecule has 0 amide bonds. The molecular weight excluding hydrogens is 361 g/mol. The first-order valence-corrected chi connectivity index (χ1v) is 8.18. The van der Waals surface area contributed by atoms with Gasteiger partial charge in [0.1, 0.15) is 0 Å². The normalized spacial score (nSPS) is 11.7. The standard InChI is InChI=1S/C15H13NO2S.Rh/c1-13-7-9-15(10-8-13)19(17,18)16-12-11-14-5-3-2-4-6-14;/h2-10,12H,1H3;/b16-12+;. The third-order valence-electron chi connectivity index (χ3n) is 2.65. The Kier molecular flexibility index (Phi) is 4.74. The molecule has 20 heavy (non-hydrogen) atoms. The summed E-state index contributed by atoms with van der Waals surface area (Å²) in [6.45, 7) is 1.91. The number of sulfonamides is 1. The van der Waals surface area contributed by atoms with Crippen molar-refractivity contribution in [1.29, 1.82) is 0 Å². The summed E-state index contributed by atoms with van der Waals surface area (Å²) in [5, 5.41) is 0. The quantitative estimate of drug-likeness (QED) is 0.610. The van der Waals surface area contributed by atoms with Gasteiger partial charge in [-0.15, -0.1) is 0 Å². The molecule has 0 saturated heterocycles. The van der Waals surface area contributed by atoms with E-state index in [1.165, 1.54) is 6.21 Å². The van der Waals surface area contributed by atoms with E-state index in [-0.39, 0.29) is 4.90 Å². The van der Waals surface area contributed by atoms with Gasteiger partial charge >= 0.3 is 129 Å². The third kappa shape index (κ3) is 3.78. The van der Waals surface area contributed by atoms with E-state index in [0.29, 0.717) is 4.11 Å². The third-order valence-corrected chi connectivity index (χ3v) is 4.59. The van der Waals surface area contributed by atoms with E-state index in [4.69, 9.17) is 0 Å². The Morgan fingerprint density at radius 3 is 2.25 bits per heavy atom. The van der Waals surface area contributed by atoms with Gasteiger partial charge in [-0.1, -0.05) is 0 Å². The van der Waals surface area contributed by atoms with Gasteiger partial charge in [-0.2, -0.15) is 0 Å². The Balaban J connectivity index is 2.22. The van der Waals surface area contributed by atoms with Gasteiger partial charge in [-0.3, -0.25) is 0 Å². The molecule has 0 saturated carbocycles. The van der Waals surface area contributed by atoms with Crippen molar-refractivity contribution in [2.75, 3.05) is 0 Å². The molecule has 0 spiro atoms. The van der Waals surface area contributed by atoms with Crippen LogP contribution in [0.15, 0.2) is 63.9 Å². The van der Waals surface area contributed by atoms with Gasteiger partial charge in [0.2, 0.25) is 0 Å². The average molecular weight is 374 g/mol. The molecule has 0 unspecified atom stereocenters. The van der Waals surface area contributed by atoms with Gasteiger partial charge in [0.15, 0.2) is 0 Å². The molecule has 0 aromatic heterocycles. The van der Waals surface area contributed by atoms with E-state index in [1.807, 2.05) is 37.3 Å². The van der Waals surface area contributed by atoms with Crippen molar-refractivity contribution >= 4 is 20.3 Å². The number of benzene rings is 2. The van der Waals surface area contributed by atoms with Crippen LogP contribution in [0.3, 0.4) is 0 Å². The fourth-order valence-electron chi connectivity index (χ4n) is 1.55. The van der Waals surface area contributed by atoms with E-state index in [2.05, 4.69) is 22.2 Å². The van der Waals surface area contributed by atoms with Gasteiger partial charge in [-0.05, 0) is 0 Å². The molecule has 0 N–H and O–H groups in total. The number of rotatable bonds is 4. The molecule has 3 nitrogen and oxygen atoms in total. The minimum atomic E-state index is -3.65. The molecule has 0 fully saturated rings. The van der Waals surface area contributed by atoms with E-state index in [1.54, 1.807) is 24.3 Å². The van der Waals surface area contributed by atoms with Crippen LogP contribution in [0.25, 0.3) is 0 Å². The van der Waals surface area contributed by atoms with Crippen molar-refractivity contribution in [2.45, 2.75) is 11.8 Å². The Hall–Kier alpha value is -1.45. The van der Waals surface area contributed by atoms with Crippen molar-refractivity contribution < 1.29 is 26.3 Å². The molecule has 0 bridgehead atoms.